The normalized spacial score (nSPS) is 13.5. The van der Waals surface area contributed by atoms with Crippen molar-refractivity contribution in [2.45, 2.75) is 296 Å². The van der Waals surface area contributed by atoms with Gasteiger partial charge in [-0.15, -0.1) is 0 Å². The zero-order valence-corrected chi connectivity index (χ0v) is 40.8. The third kappa shape index (κ3) is 44.5. The van der Waals surface area contributed by atoms with Crippen molar-refractivity contribution in [2.75, 3.05) is 6.61 Å². The molecule has 0 saturated heterocycles. The van der Waals surface area contributed by atoms with Crippen molar-refractivity contribution in [3.63, 3.8) is 0 Å². The van der Waals surface area contributed by atoms with Crippen molar-refractivity contribution < 1.29 is 24.5 Å². The Morgan fingerprint density at radius 1 is 0.475 bits per heavy atom. The molecular formula is C55H103NO5. The lowest BCUT2D eigenvalue weighted by Crippen LogP contribution is -2.46. The van der Waals surface area contributed by atoms with Crippen molar-refractivity contribution in [1.29, 1.82) is 0 Å². The number of aliphatic hydroxyl groups excluding tert-OH is 2. The van der Waals surface area contributed by atoms with Gasteiger partial charge in [0.25, 0.3) is 0 Å². The molecule has 0 aromatic carbocycles. The summed E-state index contributed by atoms with van der Waals surface area (Å²) in [4.78, 5) is 26.1. The first-order valence-corrected chi connectivity index (χ1v) is 26.7. The van der Waals surface area contributed by atoms with Crippen molar-refractivity contribution in [2.24, 2.45) is 0 Å². The molecule has 0 saturated carbocycles. The van der Waals surface area contributed by atoms with Gasteiger partial charge in [0.2, 0.25) is 5.91 Å². The van der Waals surface area contributed by atoms with Crippen LogP contribution in [0.25, 0.3) is 0 Å². The first-order valence-electron chi connectivity index (χ1n) is 26.7. The van der Waals surface area contributed by atoms with Gasteiger partial charge in [0, 0.05) is 6.42 Å². The van der Waals surface area contributed by atoms with E-state index < -0.39 is 18.2 Å². The van der Waals surface area contributed by atoms with Crippen LogP contribution < -0.4 is 5.32 Å². The van der Waals surface area contributed by atoms with Crippen molar-refractivity contribution in [1.82, 2.24) is 5.32 Å². The van der Waals surface area contributed by atoms with E-state index >= 15 is 0 Å². The fourth-order valence-electron chi connectivity index (χ4n) is 8.12. The van der Waals surface area contributed by atoms with Crippen LogP contribution in [-0.4, -0.2) is 46.9 Å². The van der Waals surface area contributed by atoms with Gasteiger partial charge < -0.3 is 20.3 Å². The maximum absolute atomic E-state index is 13.2. The smallest absolute Gasteiger partial charge is 0.306 e. The molecule has 61 heavy (non-hydrogen) atoms. The maximum Gasteiger partial charge on any atom is 0.306 e. The molecule has 3 atom stereocenters. The summed E-state index contributed by atoms with van der Waals surface area (Å²) < 4.78 is 5.93. The number of esters is 1. The second-order valence-electron chi connectivity index (χ2n) is 18.3. The van der Waals surface area contributed by atoms with Gasteiger partial charge in [0.1, 0.15) is 6.10 Å². The number of ether oxygens (including phenoxy) is 1. The van der Waals surface area contributed by atoms with Gasteiger partial charge in [0.15, 0.2) is 0 Å². The van der Waals surface area contributed by atoms with Crippen LogP contribution in [0.3, 0.4) is 0 Å². The molecule has 0 aliphatic rings. The topological polar surface area (TPSA) is 95.9 Å². The molecule has 1 amide bonds. The van der Waals surface area contributed by atoms with Gasteiger partial charge in [0.05, 0.1) is 25.2 Å². The van der Waals surface area contributed by atoms with Crippen LogP contribution >= 0.6 is 0 Å². The molecule has 0 bridgehead atoms. The first kappa shape index (κ1) is 59.1. The molecule has 0 fully saturated rings. The summed E-state index contributed by atoms with van der Waals surface area (Å²) >= 11 is 0. The minimum absolute atomic E-state index is 0.0587. The van der Waals surface area contributed by atoms with Crippen LogP contribution in [0.2, 0.25) is 0 Å². The number of hydrogen-bond acceptors (Lipinski definition) is 5. The van der Waals surface area contributed by atoms with E-state index in [1.807, 2.05) is 0 Å². The summed E-state index contributed by atoms with van der Waals surface area (Å²) in [5, 5.41) is 23.7. The number of carbonyl (C=O) groups is 2. The average molecular weight is 858 g/mol. The van der Waals surface area contributed by atoms with Crippen LogP contribution in [0.15, 0.2) is 36.5 Å². The predicted molar refractivity (Wildman–Crippen MR) is 264 cm³/mol. The van der Waals surface area contributed by atoms with Crippen LogP contribution in [-0.2, 0) is 14.3 Å². The fraction of sp³-hybridized carbons (Fsp3) is 0.855. The average Bonchev–Trinajstić information content (AvgIpc) is 3.25. The van der Waals surface area contributed by atoms with Crippen LogP contribution in [0.1, 0.15) is 278 Å². The van der Waals surface area contributed by atoms with E-state index in [0.717, 1.165) is 77.0 Å². The molecule has 3 N–H and O–H groups in total. The Kier molecular flexibility index (Phi) is 47.6. The molecular weight excluding hydrogens is 755 g/mol. The number of rotatable bonds is 48. The fourth-order valence-corrected chi connectivity index (χ4v) is 8.12. The third-order valence-electron chi connectivity index (χ3n) is 12.2. The van der Waals surface area contributed by atoms with E-state index in [1.54, 1.807) is 0 Å². The molecule has 3 unspecified atom stereocenters. The van der Waals surface area contributed by atoms with Gasteiger partial charge in [-0.3, -0.25) is 9.59 Å². The van der Waals surface area contributed by atoms with E-state index in [0.29, 0.717) is 19.3 Å². The highest BCUT2D eigenvalue weighted by atomic mass is 16.5. The number of amides is 1. The Morgan fingerprint density at radius 2 is 0.836 bits per heavy atom. The number of nitrogens with one attached hydrogen (secondary N) is 1. The summed E-state index contributed by atoms with van der Waals surface area (Å²) in [5.74, 6) is -0.501. The highest BCUT2D eigenvalue weighted by molar-refractivity contribution is 5.77. The third-order valence-corrected chi connectivity index (χ3v) is 12.2. The van der Waals surface area contributed by atoms with Crippen LogP contribution in [0.4, 0.5) is 0 Å². The van der Waals surface area contributed by atoms with E-state index in [2.05, 4.69) is 62.5 Å². The quantitative estimate of drug-likeness (QED) is 0.0245. The number of allylic oxidation sites excluding steroid dienone is 6. The largest absolute Gasteiger partial charge is 0.462 e. The highest BCUT2D eigenvalue weighted by Gasteiger charge is 2.24. The Morgan fingerprint density at radius 3 is 1.28 bits per heavy atom. The van der Waals surface area contributed by atoms with Crippen molar-refractivity contribution >= 4 is 11.9 Å². The van der Waals surface area contributed by atoms with Crippen LogP contribution in [0.5, 0.6) is 0 Å². The van der Waals surface area contributed by atoms with Gasteiger partial charge in [-0.05, 0) is 77.0 Å². The Balaban J connectivity index is 4.62. The van der Waals surface area contributed by atoms with E-state index in [1.165, 1.54) is 154 Å². The van der Waals surface area contributed by atoms with Crippen molar-refractivity contribution in [3.05, 3.63) is 36.5 Å². The lowest BCUT2D eigenvalue weighted by Gasteiger charge is -2.24. The zero-order valence-electron chi connectivity index (χ0n) is 40.8. The molecule has 0 rings (SSSR count). The lowest BCUT2D eigenvalue weighted by molar-refractivity contribution is -0.151. The maximum atomic E-state index is 13.2. The first-order chi connectivity index (χ1) is 30.0. The molecule has 6 heteroatoms. The summed E-state index contributed by atoms with van der Waals surface area (Å²) in [7, 11) is 0. The SMILES string of the molecule is CCCCCCCCC/C=C/C=C/CCCCCC(CC(=O)NC(CO)C(O)CCCCCCCCCCCC)OC(=O)CCCCCCC/C=C/CCCCCCCCC. The summed E-state index contributed by atoms with van der Waals surface area (Å²) in [6, 6.07) is -0.709. The summed E-state index contributed by atoms with van der Waals surface area (Å²) in [6.07, 6.45) is 57.8. The Bertz CT molecular complexity index is 1010. The molecule has 0 spiro atoms. The van der Waals surface area contributed by atoms with Gasteiger partial charge in [-0.2, -0.15) is 0 Å². The second-order valence-corrected chi connectivity index (χ2v) is 18.3. The van der Waals surface area contributed by atoms with E-state index in [-0.39, 0.29) is 24.9 Å². The number of hydrogen-bond donors (Lipinski definition) is 3. The molecule has 358 valence electrons. The van der Waals surface area contributed by atoms with Crippen molar-refractivity contribution in [3.8, 4) is 0 Å². The highest BCUT2D eigenvalue weighted by Crippen LogP contribution is 2.17. The number of carbonyl (C=O) groups excluding carboxylic acids is 2. The van der Waals surface area contributed by atoms with Crippen LogP contribution in [0, 0.1) is 0 Å². The molecule has 0 aliphatic heterocycles. The monoisotopic (exact) mass is 858 g/mol. The predicted octanol–water partition coefficient (Wildman–Crippen LogP) is 16.1. The molecule has 0 radical (unpaired) electrons. The van der Waals surface area contributed by atoms with E-state index in [9.17, 15) is 19.8 Å². The second kappa shape index (κ2) is 49.1. The Hall–Kier alpha value is -1.92. The number of unbranched alkanes of at least 4 members (excludes halogenated alkanes) is 31. The van der Waals surface area contributed by atoms with Gasteiger partial charge in [-0.25, -0.2) is 0 Å². The van der Waals surface area contributed by atoms with E-state index in [4.69, 9.17) is 4.74 Å². The minimum atomic E-state index is -0.793. The van der Waals surface area contributed by atoms with Gasteiger partial charge in [-0.1, -0.05) is 224 Å². The lowest BCUT2D eigenvalue weighted by atomic mass is 10.0. The molecule has 0 aromatic heterocycles. The molecule has 6 nitrogen and oxygen atoms in total. The molecule has 0 aliphatic carbocycles. The minimum Gasteiger partial charge on any atom is -0.462 e. The standard InChI is InChI=1S/C55H103NO5/c1-4-7-10-13-16-19-22-24-26-28-30-32-34-37-40-43-46-51(49-54(59)56-52(50-57)53(58)47-44-41-38-35-21-18-15-12-9-6-3)61-55(60)48-45-42-39-36-33-31-29-27-25-23-20-17-14-11-8-5-2/h26-30,32,51-53,57-58H,4-25,31,33-50H2,1-3H3,(H,56,59)/b28-26+,29-27+,32-30+. The summed E-state index contributed by atoms with van der Waals surface area (Å²) in [6.45, 7) is 6.47. The summed E-state index contributed by atoms with van der Waals surface area (Å²) in [5.41, 5.74) is 0. The van der Waals surface area contributed by atoms with Gasteiger partial charge >= 0.3 is 5.97 Å². The zero-order chi connectivity index (χ0) is 44.5. The number of aliphatic hydroxyl groups is 2. The Labute approximate surface area is 379 Å². The molecule has 0 heterocycles. The molecule has 0 aromatic rings.